The minimum absolute atomic E-state index is 0.132. The van der Waals surface area contributed by atoms with Crippen LogP contribution in [0.5, 0.6) is 5.75 Å². The first-order valence-electron chi connectivity index (χ1n) is 8.62. The number of carbonyl (C=O) groups excluding carboxylic acids is 2. The largest absolute Gasteiger partial charge is 0.494 e. The highest BCUT2D eigenvalue weighted by atomic mass is 16.5. The summed E-state index contributed by atoms with van der Waals surface area (Å²) in [6.07, 6.45) is 3.76. The molecule has 0 unspecified atom stereocenters. The number of amides is 3. The first-order valence-corrected chi connectivity index (χ1v) is 8.62. The fourth-order valence-corrected chi connectivity index (χ4v) is 3.21. The van der Waals surface area contributed by atoms with Gasteiger partial charge >= 0.3 is 6.03 Å². The Labute approximate surface area is 143 Å². The summed E-state index contributed by atoms with van der Waals surface area (Å²) in [5, 5.41) is 5.75. The molecule has 0 bridgehead atoms. The zero-order chi connectivity index (χ0) is 17.6. The van der Waals surface area contributed by atoms with E-state index in [4.69, 9.17) is 10.5 Å². The van der Waals surface area contributed by atoms with Crippen LogP contribution >= 0.6 is 0 Å². The van der Waals surface area contributed by atoms with E-state index in [1.54, 1.807) is 0 Å². The van der Waals surface area contributed by atoms with E-state index < -0.39 is 11.4 Å². The van der Waals surface area contributed by atoms with Gasteiger partial charge in [-0.05, 0) is 43.9 Å². The molecular formula is C18H27N3O3. The zero-order valence-electron chi connectivity index (χ0n) is 14.4. The van der Waals surface area contributed by atoms with Gasteiger partial charge in [0.05, 0.1) is 12.6 Å². The predicted octanol–water partition coefficient (Wildman–Crippen LogP) is 2.63. The number of nitrogens with two attached hydrogens (primary N) is 1. The van der Waals surface area contributed by atoms with Crippen LogP contribution < -0.4 is 21.1 Å². The quantitative estimate of drug-likeness (QED) is 0.716. The Morgan fingerprint density at radius 1 is 1.21 bits per heavy atom. The third kappa shape index (κ3) is 4.19. The van der Waals surface area contributed by atoms with E-state index in [-0.39, 0.29) is 12.1 Å². The molecule has 0 heterocycles. The summed E-state index contributed by atoms with van der Waals surface area (Å²) in [5.41, 5.74) is 5.60. The highest BCUT2D eigenvalue weighted by molar-refractivity contribution is 5.90. The highest BCUT2D eigenvalue weighted by Crippen LogP contribution is 2.29. The minimum Gasteiger partial charge on any atom is -0.494 e. The Bertz CT molecular complexity index is 565. The molecule has 132 valence electrons. The number of urea groups is 1. The summed E-state index contributed by atoms with van der Waals surface area (Å²) in [4.78, 5) is 24.1. The van der Waals surface area contributed by atoms with Gasteiger partial charge in [0, 0.05) is 0 Å². The van der Waals surface area contributed by atoms with Crippen molar-refractivity contribution in [3.05, 3.63) is 29.8 Å². The summed E-state index contributed by atoms with van der Waals surface area (Å²) in [6.45, 7) is 4.56. The van der Waals surface area contributed by atoms with Crippen molar-refractivity contribution in [1.82, 2.24) is 10.6 Å². The van der Waals surface area contributed by atoms with Gasteiger partial charge in [0.1, 0.15) is 11.3 Å². The number of hydrogen-bond acceptors (Lipinski definition) is 3. The van der Waals surface area contributed by atoms with E-state index in [0.717, 1.165) is 30.6 Å². The molecule has 3 amide bonds. The fourth-order valence-electron chi connectivity index (χ4n) is 3.21. The molecule has 24 heavy (non-hydrogen) atoms. The topological polar surface area (TPSA) is 93.4 Å². The van der Waals surface area contributed by atoms with E-state index in [0.29, 0.717) is 19.4 Å². The third-order valence-electron chi connectivity index (χ3n) is 4.59. The molecule has 1 aliphatic rings. The van der Waals surface area contributed by atoms with Crippen molar-refractivity contribution in [2.75, 3.05) is 6.61 Å². The van der Waals surface area contributed by atoms with Crippen LogP contribution in [0, 0.1) is 0 Å². The number of ether oxygens (including phenoxy) is 1. The molecule has 1 aliphatic carbocycles. The number of hydrogen-bond donors (Lipinski definition) is 3. The van der Waals surface area contributed by atoms with Gasteiger partial charge in [-0.1, -0.05) is 31.9 Å². The Balaban J connectivity index is 2.01. The van der Waals surface area contributed by atoms with Crippen molar-refractivity contribution in [1.29, 1.82) is 0 Å². The van der Waals surface area contributed by atoms with Crippen LogP contribution in [0.2, 0.25) is 0 Å². The van der Waals surface area contributed by atoms with E-state index in [1.807, 2.05) is 38.1 Å². The Morgan fingerprint density at radius 3 is 2.33 bits per heavy atom. The van der Waals surface area contributed by atoms with Crippen molar-refractivity contribution < 1.29 is 14.3 Å². The molecule has 0 aliphatic heterocycles. The molecule has 1 atom stereocenters. The lowest BCUT2D eigenvalue weighted by molar-refractivity contribution is -0.123. The number of carbonyl (C=O) groups is 2. The Kier molecular flexibility index (Phi) is 6.06. The molecular weight excluding hydrogens is 306 g/mol. The summed E-state index contributed by atoms with van der Waals surface area (Å²) >= 11 is 0. The number of nitrogens with one attached hydrogen (secondary N) is 2. The molecule has 2 rings (SSSR count). The average molecular weight is 333 g/mol. The summed E-state index contributed by atoms with van der Waals surface area (Å²) in [7, 11) is 0. The molecule has 1 aromatic rings. The molecule has 1 fully saturated rings. The van der Waals surface area contributed by atoms with Crippen molar-refractivity contribution in [3.63, 3.8) is 0 Å². The minimum atomic E-state index is -0.902. The second-order valence-corrected chi connectivity index (χ2v) is 6.21. The second kappa shape index (κ2) is 8.04. The van der Waals surface area contributed by atoms with Gasteiger partial charge < -0.3 is 21.1 Å². The van der Waals surface area contributed by atoms with Crippen molar-refractivity contribution in [2.45, 2.75) is 57.5 Å². The number of primary amides is 1. The molecule has 6 heteroatoms. The molecule has 1 saturated carbocycles. The lowest BCUT2D eigenvalue weighted by Gasteiger charge is -2.28. The maximum atomic E-state index is 12.4. The monoisotopic (exact) mass is 333 g/mol. The zero-order valence-corrected chi connectivity index (χ0v) is 14.4. The van der Waals surface area contributed by atoms with Crippen molar-refractivity contribution >= 4 is 11.9 Å². The molecule has 0 radical (unpaired) electrons. The summed E-state index contributed by atoms with van der Waals surface area (Å²) in [6, 6.07) is 7.19. The van der Waals surface area contributed by atoms with Gasteiger partial charge in [-0.2, -0.15) is 0 Å². The van der Waals surface area contributed by atoms with Crippen LogP contribution in [0.15, 0.2) is 24.3 Å². The Hall–Kier alpha value is -2.24. The fraction of sp³-hybridized carbons (Fsp3) is 0.556. The van der Waals surface area contributed by atoms with Gasteiger partial charge in [0.15, 0.2) is 0 Å². The van der Waals surface area contributed by atoms with E-state index >= 15 is 0 Å². The van der Waals surface area contributed by atoms with Crippen molar-refractivity contribution in [3.8, 4) is 5.75 Å². The highest BCUT2D eigenvalue weighted by Gasteiger charge is 2.41. The molecule has 6 nitrogen and oxygen atoms in total. The SMILES string of the molecule is CCOc1ccc([C@H](CC)NC(=O)NC2(C(N)=O)CCCC2)cc1. The normalized spacial score (nSPS) is 17.1. The van der Waals surface area contributed by atoms with E-state index in [1.165, 1.54) is 0 Å². The standard InChI is InChI=1S/C18H27N3O3/c1-3-15(13-7-9-14(10-8-13)24-4-2)20-17(23)21-18(16(19)22)11-5-6-12-18/h7-10,15H,3-6,11-12H2,1-2H3,(H2,19,22)(H2,20,21,23)/t15-/m0/s1. The molecule has 4 N–H and O–H groups in total. The van der Waals surface area contributed by atoms with Crippen LogP contribution in [0.1, 0.15) is 57.6 Å². The predicted molar refractivity (Wildman–Crippen MR) is 92.7 cm³/mol. The van der Waals surface area contributed by atoms with E-state index in [2.05, 4.69) is 10.6 Å². The molecule has 1 aromatic carbocycles. The summed E-state index contributed by atoms with van der Waals surface area (Å²) in [5.74, 6) is 0.350. The maximum absolute atomic E-state index is 12.4. The molecule has 0 aromatic heterocycles. The van der Waals surface area contributed by atoms with Crippen LogP contribution in [-0.4, -0.2) is 24.1 Å². The van der Waals surface area contributed by atoms with Crippen LogP contribution in [0.4, 0.5) is 4.79 Å². The maximum Gasteiger partial charge on any atom is 0.316 e. The second-order valence-electron chi connectivity index (χ2n) is 6.21. The third-order valence-corrected chi connectivity index (χ3v) is 4.59. The Morgan fingerprint density at radius 2 is 1.83 bits per heavy atom. The van der Waals surface area contributed by atoms with Gasteiger partial charge in [0.2, 0.25) is 5.91 Å². The lowest BCUT2D eigenvalue weighted by Crippen LogP contribution is -2.58. The summed E-state index contributed by atoms with van der Waals surface area (Å²) < 4.78 is 5.43. The van der Waals surface area contributed by atoms with Crippen LogP contribution in [0.3, 0.4) is 0 Å². The van der Waals surface area contributed by atoms with E-state index in [9.17, 15) is 9.59 Å². The number of rotatable bonds is 7. The van der Waals surface area contributed by atoms with Gasteiger partial charge in [-0.25, -0.2) is 4.79 Å². The smallest absolute Gasteiger partial charge is 0.316 e. The first-order chi connectivity index (χ1) is 11.5. The first kappa shape index (κ1) is 18.1. The average Bonchev–Trinajstić information content (AvgIpc) is 3.03. The van der Waals surface area contributed by atoms with Gasteiger partial charge in [-0.3, -0.25) is 4.79 Å². The van der Waals surface area contributed by atoms with Crippen LogP contribution in [-0.2, 0) is 4.79 Å². The number of benzene rings is 1. The van der Waals surface area contributed by atoms with Crippen molar-refractivity contribution in [2.24, 2.45) is 5.73 Å². The molecule has 0 saturated heterocycles. The van der Waals surface area contributed by atoms with Crippen LogP contribution in [0.25, 0.3) is 0 Å². The lowest BCUT2D eigenvalue weighted by atomic mass is 9.97. The molecule has 0 spiro atoms. The van der Waals surface area contributed by atoms with Gasteiger partial charge in [0.25, 0.3) is 0 Å². The van der Waals surface area contributed by atoms with Gasteiger partial charge in [-0.15, -0.1) is 0 Å².